The van der Waals surface area contributed by atoms with Crippen LogP contribution in [-0.4, -0.2) is 64.3 Å². The third-order valence-electron chi connectivity index (χ3n) is 8.02. The Morgan fingerprint density at radius 1 is 1.12 bits per heavy atom. The van der Waals surface area contributed by atoms with E-state index in [9.17, 15) is 28.0 Å². The average Bonchev–Trinajstić information content (AvgIpc) is 3.41. The van der Waals surface area contributed by atoms with Crippen LogP contribution in [0.5, 0.6) is 0 Å². The molecule has 1 saturated carbocycles. The summed E-state index contributed by atoms with van der Waals surface area (Å²) in [7, 11) is 1.44. The molecule has 1 aliphatic carbocycles. The molecule has 1 aliphatic heterocycles. The van der Waals surface area contributed by atoms with Crippen molar-refractivity contribution in [1.29, 1.82) is 0 Å². The Morgan fingerprint density at radius 2 is 1.86 bits per heavy atom. The van der Waals surface area contributed by atoms with Crippen molar-refractivity contribution in [1.82, 2.24) is 33.6 Å². The Kier molecular flexibility index (Phi) is 6.46. The normalized spacial score (nSPS) is 19.5. The first-order valence-electron chi connectivity index (χ1n) is 13.4. The molecule has 0 spiro atoms. The number of pyridine rings is 1. The summed E-state index contributed by atoms with van der Waals surface area (Å²) >= 11 is 0. The summed E-state index contributed by atoms with van der Waals surface area (Å²) in [6.45, 7) is 3.36. The van der Waals surface area contributed by atoms with Gasteiger partial charge < -0.3 is 14.8 Å². The third-order valence-corrected chi connectivity index (χ3v) is 8.02. The van der Waals surface area contributed by atoms with Crippen molar-refractivity contribution in [2.45, 2.75) is 38.8 Å². The van der Waals surface area contributed by atoms with Gasteiger partial charge in [0, 0.05) is 44.5 Å². The lowest BCUT2D eigenvalue weighted by Crippen LogP contribution is -2.41. The summed E-state index contributed by atoms with van der Waals surface area (Å²) in [5.74, 6) is -3.49. The molecule has 0 aromatic carbocycles. The molecule has 5 heterocycles. The molecular weight excluding hydrogens is 552 g/mol. The van der Waals surface area contributed by atoms with Crippen molar-refractivity contribution in [3.63, 3.8) is 0 Å². The molecule has 0 bridgehead atoms. The minimum atomic E-state index is -2.57. The van der Waals surface area contributed by atoms with Crippen LogP contribution in [-0.2, 0) is 23.2 Å². The first kappa shape index (κ1) is 27.4. The second-order valence-electron chi connectivity index (χ2n) is 10.6. The maximum absolute atomic E-state index is 13.5. The number of hydrogen-bond donors (Lipinski definition) is 1. The van der Waals surface area contributed by atoms with Gasteiger partial charge in [-0.25, -0.2) is 33.5 Å². The van der Waals surface area contributed by atoms with Crippen LogP contribution >= 0.6 is 0 Å². The lowest BCUT2D eigenvalue weighted by molar-refractivity contribution is -0.120. The van der Waals surface area contributed by atoms with E-state index in [-0.39, 0.29) is 48.8 Å². The predicted molar refractivity (Wildman–Crippen MR) is 147 cm³/mol. The van der Waals surface area contributed by atoms with Crippen molar-refractivity contribution >= 4 is 34.5 Å². The van der Waals surface area contributed by atoms with Crippen LogP contribution in [0.3, 0.4) is 0 Å². The molecule has 4 aromatic rings. The Hall–Kier alpha value is -4.82. The second kappa shape index (κ2) is 9.92. The van der Waals surface area contributed by atoms with E-state index in [4.69, 9.17) is 0 Å². The molecule has 3 atom stereocenters. The highest BCUT2D eigenvalue weighted by molar-refractivity contribution is 5.93. The average molecular weight is 580 g/mol. The molecule has 1 saturated heterocycles. The topological polar surface area (TPSA) is 150 Å². The number of aryl methyl sites for hydroxylation is 1. The summed E-state index contributed by atoms with van der Waals surface area (Å²) in [4.78, 5) is 70.2. The van der Waals surface area contributed by atoms with Gasteiger partial charge in [-0.05, 0) is 25.1 Å². The Bertz CT molecular complexity index is 1830. The van der Waals surface area contributed by atoms with Crippen molar-refractivity contribution in [2.75, 3.05) is 23.3 Å². The summed E-state index contributed by atoms with van der Waals surface area (Å²) in [6.07, 6.45) is 4.48. The number of imidazole rings is 1. The number of piperidine rings is 1. The molecule has 2 fully saturated rings. The molecule has 0 radical (unpaired) electrons. The number of carbonyl (C=O) groups excluding carboxylic acids is 2. The third kappa shape index (κ3) is 4.44. The molecular formula is C27H27F2N9O4. The van der Waals surface area contributed by atoms with Crippen LogP contribution in [0.4, 0.5) is 20.4 Å². The van der Waals surface area contributed by atoms with Crippen LogP contribution < -0.4 is 21.5 Å². The number of aromatic nitrogens is 7. The van der Waals surface area contributed by atoms with Crippen LogP contribution in [0.15, 0.2) is 46.5 Å². The van der Waals surface area contributed by atoms with Gasteiger partial charge in [0.25, 0.3) is 11.5 Å². The van der Waals surface area contributed by atoms with Gasteiger partial charge in [-0.3, -0.25) is 23.5 Å². The Balaban J connectivity index is 1.20. The number of alkyl halides is 2. The highest BCUT2D eigenvalue weighted by atomic mass is 19.3. The number of nitrogens with zero attached hydrogens (tertiary/aromatic N) is 8. The fraction of sp³-hybridized carbons (Fsp3) is 0.407. The minimum absolute atomic E-state index is 0.0113. The summed E-state index contributed by atoms with van der Waals surface area (Å²) in [5.41, 5.74) is -0.721. The van der Waals surface area contributed by atoms with E-state index in [1.165, 1.54) is 34.8 Å². The van der Waals surface area contributed by atoms with E-state index < -0.39 is 41.0 Å². The maximum Gasteiger partial charge on any atom is 0.332 e. The number of ketones is 1. The quantitative estimate of drug-likeness (QED) is 0.329. The maximum atomic E-state index is 13.5. The first-order valence-corrected chi connectivity index (χ1v) is 13.4. The number of fused-ring (bicyclic) bond motifs is 2. The van der Waals surface area contributed by atoms with Crippen molar-refractivity contribution in [3.05, 3.63) is 57.8 Å². The standard InChI is InChI=1S/C27H27F2N9O4/c1-4-16(39)10-37-25(41)21-23(35(3)26(37)42)32-13-38(21)14(2)24(40)34-19-7-8-30-22(33-19)15-5-6-20(31-9-15)36-11-17-18(12-36)27(17,28)29/h5-9,13-14,17-18H,4,10-12H2,1-3H3,(H,30,33,34,40)/t14-,17-,18?/m0/s1. The first-order chi connectivity index (χ1) is 20.0. The zero-order valence-electron chi connectivity index (χ0n) is 23.0. The lowest BCUT2D eigenvalue weighted by Gasteiger charge is -2.20. The number of Topliss-reactive ketones (excluding diaryl/α,β-unsaturated/α-hetero) is 1. The van der Waals surface area contributed by atoms with E-state index in [1.807, 2.05) is 4.90 Å². The van der Waals surface area contributed by atoms with Gasteiger partial charge in [0.2, 0.25) is 5.91 Å². The summed E-state index contributed by atoms with van der Waals surface area (Å²) in [6, 6.07) is 4.04. The van der Waals surface area contributed by atoms with Crippen molar-refractivity contribution in [3.8, 4) is 11.4 Å². The van der Waals surface area contributed by atoms with Gasteiger partial charge in [-0.2, -0.15) is 0 Å². The number of amides is 1. The number of hydrogen-bond acceptors (Lipinski definition) is 9. The predicted octanol–water partition coefficient (Wildman–Crippen LogP) is 1.63. The van der Waals surface area contributed by atoms with E-state index in [0.29, 0.717) is 17.2 Å². The van der Waals surface area contributed by atoms with Crippen LogP contribution in [0, 0.1) is 11.8 Å². The summed E-state index contributed by atoms with van der Waals surface area (Å²) in [5, 5.41) is 2.71. The van der Waals surface area contributed by atoms with Gasteiger partial charge in [0.15, 0.2) is 22.8 Å². The largest absolute Gasteiger partial charge is 0.356 e. The van der Waals surface area contributed by atoms with Gasteiger partial charge in [-0.15, -0.1) is 0 Å². The van der Waals surface area contributed by atoms with Gasteiger partial charge in [0.05, 0.1) is 24.7 Å². The van der Waals surface area contributed by atoms with E-state index in [2.05, 4.69) is 25.3 Å². The number of carbonyl (C=O) groups is 2. The zero-order valence-corrected chi connectivity index (χ0v) is 23.0. The van der Waals surface area contributed by atoms with E-state index >= 15 is 0 Å². The summed E-state index contributed by atoms with van der Waals surface area (Å²) < 4.78 is 30.4. The molecule has 1 unspecified atom stereocenters. The molecule has 2 aliphatic rings. The Labute approximate surface area is 236 Å². The molecule has 42 heavy (non-hydrogen) atoms. The number of halogens is 2. The zero-order chi connectivity index (χ0) is 29.9. The monoisotopic (exact) mass is 579 g/mol. The number of nitrogens with one attached hydrogen (secondary N) is 1. The highest BCUT2D eigenvalue weighted by Gasteiger charge is 2.71. The fourth-order valence-corrected chi connectivity index (χ4v) is 5.34. The molecule has 6 rings (SSSR count). The Morgan fingerprint density at radius 3 is 2.52 bits per heavy atom. The van der Waals surface area contributed by atoms with Crippen molar-refractivity contribution in [2.24, 2.45) is 18.9 Å². The molecule has 1 amide bonds. The van der Waals surface area contributed by atoms with Gasteiger partial charge in [0.1, 0.15) is 17.7 Å². The van der Waals surface area contributed by atoms with Crippen LogP contribution in [0.1, 0.15) is 26.3 Å². The molecule has 13 nitrogen and oxygen atoms in total. The highest BCUT2D eigenvalue weighted by Crippen LogP contribution is 2.59. The van der Waals surface area contributed by atoms with Gasteiger partial charge in [-0.1, -0.05) is 6.92 Å². The van der Waals surface area contributed by atoms with E-state index in [1.54, 1.807) is 32.2 Å². The number of anilines is 2. The molecule has 4 aromatic heterocycles. The van der Waals surface area contributed by atoms with Gasteiger partial charge >= 0.3 is 5.69 Å². The smallest absolute Gasteiger partial charge is 0.332 e. The second-order valence-corrected chi connectivity index (χ2v) is 10.6. The SMILES string of the molecule is CCC(=O)Cn1c(=O)c2c(ncn2[C@@H](C)C(=O)Nc2ccnc(-c3ccc(N4CC5[C@H](C4)C5(F)F)nc3)n2)n(C)c1=O. The lowest BCUT2D eigenvalue weighted by atomic mass is 10.2. The fourth-order valence-electron chi connectivity index (χ4n) is 5.34. The molecule has 1 N–H and O–H groups in total. The molecule has 15 heteroatoms. The number of rotatable bonds is 8. The van der Waals surface area contributed by atoms with E-state index in [0.717, 1.165) is 4.57 Å². The van der Waals surface area contributed by atoms with Crippen molar-refractivity contribution < 1.29 is 18.4 Å². The van der Waals surface area contributed by atoms with Crippen LogP contribution in [0.25, 0.3) is 22.6 Å². The molecule has 218 valence electrons. The minimum Gasteiger partial charge on any atom is -0.356 e. The van der Waals surface area contributed by atoms with Crippen LogP contribution in [0.2, 0.25) is 0 Å².